The summed E-state index contributed by atoms with van der Waals surface area (Å²) >= 11 is 0. The largest absolute Gasteiger partial charge is 0.490 e. The van der Waals surface area contributed by atoms with E-state index in [1.165, 1.54) is 6.33 Å². The quantitative estimate of drug-likeness (QED) is 0.312. The lowest BCUT2D eigenvalue weighted by atomic mass is 10.1. The van der Waals surface area contributed by atoms with E-state index in [1.54, 1.807) is 29.2 Å². The third kappa shape index (κ3) is 7.07. The first kappa shape index (κ1) is 23.8. The van der Waals surface area contributed by atoms with Crippen molar-refractivity contribution in [2.45, 2.75) is 20.0 Å². The maximum atomic E-state index is 12.8. The number of nitrogens with zero attached hydrogens (tertiary/aromatic N) is 3. The molecule has 4 rings (SSSR count). The van der Waals surface area contributed by atoms with Gasteiger partial charge in [0.1, 0.15) is 31.6 Å². The van der Waals surface area contributed by atoms with E-state index < -0.39 is 0 Å². The smallest absolute Gasteiger partial charge is 0.251 e. The lowest BCUT2D eigenvalue weighted by molar-refractivity contribution is 0.0950. The fourth-order valence-electron chi connectivity index (χ4n) is 3.49. The van der Waals surface area contributed by atoms with Gasteiger partial charge in [-0.15, -0.1) is 0 Å². The third-order valence-corrected chi connectivity index (χ3v) is 5.11. The fraction of sp³-hybridized carbons (Fsp3) is 0.222. The molecule has 0 saturated heterocycles. The maximum absolute atomic E-state index is 12.8. The fourth-order valence-corrected chi connectivity index (χ4v) is 3.49. The summed E-state index contributed by atoms with van der Waals surface area (Å²) in [6.45, 7) is 4.13. The second-order valence-corrected chi connectivity index (χ2v) is 7.70. The van der Waals surface area contributed by atoms with Gasteiger partial charge in [-0.25, -0.2) is 9.67 Å². The van der Waals surface area contributed by atoms with Gasteiger partial charge in [-0.05, 0) is 48.4 Å². The van der Waals surface area contributed by atoms with Gasteiger partial charge in [-0.1, -0.05) is 42.5 Å². The summed E-state index contributed by atoms with van der Waals surface area (Å²) in [6, 6.07) is 22.8. The molecule has 0 fully saturated rings. The van der Waals surface area contributed by atoms with Gasteiger partial charge < -0.3 is 19.5 Å². The Kier molecular flexibility index (Phi) is 8.32. The Labute approximate surface area is 204 Å². The molecule has 1 aromatic heterocycles. The minimum Gasteiger partial charge on any atom is -0.490 e. The highest BCUT2D eigenvalue weighted by Gasteiger charge is 2.12. The number of nitrogens with one attached hydrogen (secondary N) is 1. The number of carbonyl (C=O) groups is 1. The summed E-state index contributed by atoms with van der Waals surface area (Å²) in [5.41, 5.74) is 2.58. The zero-order valence-corrected chi connectivity index (χ0v) is 19.6. The lowest BCUT2D eigenvalue weighted by Gasteiger charge is -2.14. The Morgan fingerprint density at radius 2 is 1.71 bits per heavy atom. The van der Waals surface area contributed by atoms with Gasteiger partial charge in [0.2, 0.25) is 0 Å². The summed E-state index contributed by atoms with van der Waals surface area (Å²) in [5.74, 6) is 1.69. The van der Waals surface area contributed by atoms with E-state index in [2.05, 4.69) is 15.4 Å². The van der Waals surface area contributed by atoms with E-state index in [0.717, 1.165) is 16.9 Å². The number of ether oxygens (including phenoxy) is 3. The van der Waals surface area contributed by atoms with Crippen LogP contribution in [0.4, 0.5) is 0 Å². The third-order valence-electron chi connectivity index (χ3n) is 5.11. The van der Waals surface area contributed by atoms with Crippen molar-refractivity contribution < 1.29 is 19.0 Å². The second-order valence-electron chi connectivity index (χ2n) is 7.70. The van der Waals surface area contributed by atoms with Crippen molar-refractivity contribution in [3.8, 4) is 17.2 Å². The normalized spacial score (nSPS) is 10.5. The van der Waals surface area contributed by atoms with Gasteiger partial charge in [0.05, 0.1) is 13.2 Å². The van der Waals surface area contributed by atoms with E-state index >= 15 is 0 Å². The van der Waals surface area contributed by atoms with Gasteiger partial charge >= 0.3 is 0 Å². The number of hydrogen-bond donors (Lipinski definition) is 1. The Balaban J connectivity index is 1.32. The van der Waals surface area contributed by atoms with Crippen LogP contribution >= 0.6 is 0 Å². The van der Waals surface area contributed by atoms with Crippen LogP contribution in [0, 0.1) is 0 Å². The van der Waals surface area contributed by atoms with E-state index in [1.807, 2.05) is 61.5 Å². The highest BCUT2D eigenvalue weighted by Crippen LogP contribution is 2.28. The molecule has 0 aliphatic heterocycles. The Morgan fingerprint density at radius 3 is 2.51 bits per heavy atom. The van der Waals surface area contributed by atoms with Gasteiger partial charge in [0.15, 0.2) is 11.5 Å². The highest BCUT2D eigenvalue weighted by atomic mass is 16.5. The number of aromatic nitrogens is 3. The van der Waals surface area contributed by atoms with Gasteiger partial charge in [-0.3, -0.25) is 4.79 Å². The highest BCUT2D eigenvalue weighted by molar-refractivity contribution is 5.94. The molecule has 0 unspecified atom stereocenters. The van der Waals surface area contributed by atoms with E-state index in [9.17, 15) is 4.79 Å². The summed E-state index contributed by atoms with van der Waals surface area (Å²) < 4.78 is 19.0. The first-order chi connectivity index (χ1) is 17.2. The lowest BCUT2D eigenvalue weighted by Crippen LogP contribution is -2.23. The minimum atomic E-state index is -0.188. The zero-order chi connectivity index (χ0) is 24.3. The van der Waals surface area contributed by atoms with Crippen LogP contribution in [-0.2, 0) is 13.1 Å². The molecule has 180 valence electrons. The van der Waals surface area contributed by atoms with E-state index in [4.69, 9.17) is 14.2 Å². The van der Waals surface area contributed by atoms with Crippen LogP contribution < -0.4 is 19.5 Å². The van der Waals surface area contributed by atoms with Crippen LogP contribution in [0.2, 0.25) is 0 Å². The second kappa shape index (κ2) is 12.2. The summed E-state index contributed by atoms with van der Waals surface area (Å²) in [4.78, 5) is 16.8. The van der Waals surface area contributed by atoms with E-state index in [-0.39, 0.29) is 5.91 Å². The molecule has 0 bridgehead atoms. The molecule has 1 N–H and O–H groups in total. The average Bonchev–Trinajstić information content (AvgIpc) is 3.40. The Morgan fingerprint density at radius 1 is 0.886 bits per heavy atom. The summed E-state index contributed by atoms with van der Waals surface area (Å²) in [7, 11) is 0. The van der Waals surface area contributed by atoms with E-state index in [0.29, 0.717) is 50.0 Å². The summed E-state index contributed by atoms with van der Waals surface area (Å²) in [6.07, 6.45) is 3.18. The number of hydrogen-bond acceptors (Lipinski definition) is 6. The number of amides is 1. The molecule has 1 amide bonds. The molecule has 0 saturated carbocycles. The molecule has 0 spiro atoms. The number of para-hydroxylation sites is 1. The predicted octanol–water partition coefficient (Wildman–Crippen LogP) is 4.11. The Bertz CT molecular complexity index is 1210. The van der Waals surface area contributed by atoms with Crippen LogP contribution in [0.15, 0.2) is 85.5 Å². The molecule has 8 nitrogen and oxygen atoms in total. The van der Waals surface area contributed by atoms with Crippen LogP contribution in [0.1, 0.15) is 28.4 Å². The van der Waals surface area contributed by atoms with Crippen LogP contribution in [0.3, 0.4) is 0 Å². The molecular formula is C27H28N4O4. The van der Waals surface area contributed by atoms with Crippen molar-refractivity contribution in [1.82, 2.24) is 20.1 Å². The molecule has 35 heavy (non-hydrogen) atoms. The number of benzene rings is 3. The monoisotopic (exact) mass is 472 g/mol. The molecular weight excluding hydrogens is 444 g/mol. The first-order valence-corrected chi connectivity index (χ1v) is 11.5. The zero-order valence-electron chi connectivity index (χ0n) is 19.6. The molecule has 0 aliphatic rings. The SMILES string of the molecule is CCOc1cc(C(=O)NCc2cccc(Cn3cncn3)c2)ccc1OCCOc1ccccc1. The molecule has 3 aromatic carbocycles. The van der Waals surface area contributed by atoms with Crippen LogP contribution in [-0.4, -0.2) is 40.5 Å². The molecule has 4 aromatic rings. The van der Waals surface area contributed by atoms with Gasteiger partial charge in [-0.2, -0.15) is 5.10 Å². The van der Waals surface area contributed by atoms with Gasteiger partial charge in [0, 0.05) is 12.1 Å². The van der Waals surface area contributed by atoms with Gasteiger partial charge in [0.25, 0.3) is 5.91 Å². The Hall–Kier alpha value is -4.33. The van der Waals surface area contributed by atoms with Crippen molar-refractivity contribution in [2.75, 3.05) is 19.8 Å². The maximum Gasteiger partial charge on any atom is 0.251 e. The minimum absolute atomic E-state index is 0.188. The van der Waals surface area contributed by atoms with Crippen molar-refractivity contribution in [1.29, 1.82) is 0 Å². The van der Waals surface area contributed by atoms with Crippen molar-refractivity contribution >= 4 is 5.91 Å². The predicted molar refractivity (Wildman–Crippen MR) is 132 cm³/mol. The average molecular weight is 473 g/mol. The standard InChI is InChI=1S/C27H28N4O4/c1-2-33-26-16-23(11-12-25(26)35-14-13-34-24-9-4-3-5-10-24)27(32)29-17-21-7-6-8-22(15-21)18-31-20-28-19-30-31/h3-12,15-16,19-20H,2,13-14,17-18H2,1H3,(H,29,32). The van der Waals surface area contributed by atoms with Crippen LogP contribution in [0.5, 0.6) is 17.2 Å². The molecule has 0 aliphatic carbocycles. The van der Waals surface area contributed by atoms with Crippen molar-refractivity contribution in [3.63, 3.8) is 0 Å². The van der Waals surface area contributed by atoms with Crippen LogP contribution in [0.25, 0.3) is 0 Å². The molecule has 0 atom stereocenters. The topological polar surface area (TPSA) is 87.5 Å². The first-order valence-electron chi connectivity index (χ1n) is 11.5. The van der Waals surface area contributed by atoms with Crippen molar-refractivity contribution in [3.05, 3.63) is 102 Å². The summed E-state index contributed by atoms with van der Waals surface area (Å²) in [5, 5.41) is 7.10. The molecule has 8 heteroatoms. The molecule has 0 radical (unpaired) electrons. The van der Waals surface area contributed by atoms with Crippen molar-refractivity contribution in [2.24, 2.45) is 0 Å². The number of carbonyl (C=O) groups excluding carboxylic acids is 1. The number of rotatable bonds is 12. The molecule has 1 heterocycles.